The van der Waals surface area contributed by atoms with Crippen molar-refractivity contribution in [1.82, 2.24) is 15.0 Å². The fraction of sp³-hybridized carbons (Fsp3) is 0.238. The van der Waals surface area contributed by atoms with E-state index in [9.17, 15) is 0 Å². The monoisotopic (exact) mass is 366 g/mol. The molecule has 0 bridgehead atoms. The molecule has 2 heterocycles. The Morgan fingerprint density at radius 1 is 1.08 bits per heavy atom. The lowest BCUT2D eigenvalue weighted by molar-refractivity contribution is 0.734. The number of halogens is 1. The number of hydrogen-bond acceptors (Lipinski definition) is 3. The molecule has 26 heavy (non-hydrogen) atoms. The van der Waals surface area contributed by atoms with Crippen LogP contribution >= 0.6 is 12.4 Å². The number of benzene rings is 2. The van der Waals surface area contributed by atoms with Gasteiger partial charge in [-0.25, -0.2) is 4.98 Å². The first-order valence-electron chi connectivity index (χ1n) is 8.76. The summed E-state index contributed by atoms with van der Waals surface area (Å²) in [5, 5.41) is 4.64. The molecule has 2 N–H and O–H groups in total. The smallest absolute Gasteiger partial charge is 0.0932 e. The lowest BCUT2D eigenvalue weighted by Crippen LogP contribution is -1.97. The summed E-state index contributed by atoms with van der Waals surface area (Å²) in [5.74, 6) is 0.586. The summed E-state index contributed by atoms with van der Waals surface area (Å²) >= 11 is 0. The second-order valence-electron chi connectivity index (χ2n) is 6.62. The number of pyridine rings is 1. The summed E-state index contributed by atoms with van der Waals surface area (Å²) in [4.78, 5) is 12.3. The molecule has 4 nitrogen and oxygen atoms in total. The summed E-state index contributed by atoms with van der Waals surface area (Å²) in [6.45, 7) is 6.50. The molecule has 5 heteroatoms. The van der Waals surface area contributed by atoms with Gasteiger partial charge in [0.2, 0.25) is 0 Å². The minimum atomic E-state index is 0. The molecule has 0 aliphatic rings. The molecular formula is C21H23ClN4. The first kappa shape index (κ1) is 18.2. The maximum Gasteiger partial charge on any atom is 0.0932 e. The summed E-state index contributed by atoms with van der Waals surface area (Å²) in [7, 11) is 0. The van der Waals surface area contributed by atoms with Gasteiger partial charge < -0.3 is 10.3 Å². The zero-order chi connectivity index (χ0) is 17.4. The maximum absolute atomic E-state index is 4.67. The molecule has 1 atom stereocenters. The van der Waals surface area contributed by atoms with Crippen molar-refractivity contribution in [2.24, 2.45) is 0 Å². The first-order chi connectivity index (χ1) is 12.2. The number of aromatic amines is 1. The van der Waals surface area contributed by atoms with Crippen molar-refractivity contribution >= 4 is 45.7 Å². The Morgan fingerprint density at radius 3 is 2.54 bits per heavy atom. The van der Waals surface area contributed by atoms with E-state index in [-0.39, 0.29) is 12.4 Å². The van der Waals surface area contributed by atoms with Crippen molar-refractivity contribution in [2.75, 3.05) is 5.32 Å². The van der Waals surface area contributed by atoms with Crippen LogP contribution in [0.4, 0.5) is 11.4 Å². The van der Waals surface area contributed by atoms with Gasteiger partial charge in [0.1, 0.15) is 0 Å². The minimum absolute atomic E-state index is 0. The van der Waals surface area contributed by atoms with E-state index in [1.807, 2.05) is 19.1 Å². The second kappa shape index (κ2) is 7.34. The minimum Gasteiger partial charge on any atom is -0.355 e. The van der Waals surface area contributed by atoms with Crippen molar-refractivity contribution in [3.8, 4) is 0 Å². The average Bonchev–Trinajstić information content (AvgIpc) is 3.10. The van der Waals surface area contributed by atoms with Crippen molar-refractivity contribution < 1.29 is 0 Å². The van der Waals surface area contributed by atoms with Crippen LogP contribution in [-0.2, 0) is 0 Å². The molecular weight excluding hydrogens is 344 g/mol. The topological polar surface area (TPSA) is 53.6 Å². The third kappa shape index (κ3) is 3.25. The number of nitrogens with one attached hydrogen (secondary N) is 2. The number of hydrogen-bond donors (Lipinski definition) is 2. The largest absolute Gasteiger partial charge is 0.355 e. The summed E-state index contributed by atoms with van der Waals surface area (Å²) in [6.07, 6.45) is 2.88. The highest BCUT2D eigenvalue weighted by Crippen LogP contribution is 2.32. The first-order valence-corrected chi connectivity index (χ1v) is 8.76. The molecule has 2 aromatic heterocycles. The molecule has 0 fully saturated rings. The second-order valence-corrected chi connectivity index (χ2v) is 6.62. The van der Waals surface area contributed by atoms with Gasteiger partial charge in [-0.05, 0) is 55.2 Å². The van der Waals surface area contributed by atoms with Crippen molar-refractivity contribution in [2.45, 2.75) is 33.1 Å². The Morgan fingerprint density at radius 2 is 1.81 bits per heavy atom. The van der Waals surface area contributed by atoms with Crippen LogP contribution in [0.3, 0.4) is 0 Å². The van der Waals surface area contributed by atoms with Gasteiger partial charge in [0.15, 0.2) is 0 Å². The van der Waals surface area contributed by atoms with Crippen LogP contribution in [-0.4, -0.2) is 15.0 Å². The van der Waals surface area contributed by atoms with Crippen LogP contribution in [0.25, 0.3) is 21.9 Å². The van der Waals surface area contributed by atoms with Gasteiger partial charge in [0, 0.05) is 16.8 Å². The Kier molecular flexibility index (Phi) is 5.14. The van der Waals surface area contributed by atoms with E-state index < -0.39 is 0 Å². The number of rotatable bonds is 4. The summed E-state index contributed by atoms with van der Waals surface area (Å²) in [5.41, 5.74) is 7.43. The predicted octanol–water partition coefficient (Wildman–Crippen LogP) is 6.10. The van der Waals surface area contributed by atoms with Crippen LogP contribution < -0.4 is 5.32 Å². The SMILES string of the molecule is CCC(C)c1ccc(Nc2cc(C)nc3ccc4nc[nH]c4c23)cc1.Cl. The highest BCUT2D eigenvalue weighted by Gasteiger charge is 2.10. The molecule has 0 saturated carbocycles. The number of fused-ring (bicyclic) bond motifs is 3. The van der Waals surface area contributed by atoms with E-state index in [0.717, 1.165) is 45.4 Å². The zero-order valence-electron chi connectivity index (χ0n) is 15.2. The van der Waals surface area contributed by atoms with E-state index in [4.69, 9.17) is 0 Å². The van der Waals surface area contributed by atoms with Gasteiger partial charge in [-0.1, -0.05) is 26.0 Å². The van der Waals surface area contributed by atoms with E-state index in [1.54, 1.807) is 6.33 Å². The molecule has 1 unspecified atom stereocenters. The zero-order valence-corrected chi connectivity index (χ0v) is 16.0. The quantitative estimate of drug-likeness (QED) is 0.459. The number of aryl methyl sites for hydroxylation is 1. The Bertz CT molecular complexity index is 1040. The summed E-state index contributed by atoms with van der Waals surface area (Å²) in [6, 6.07) is 14.8. The van der Waals surface area contributed by atoms with Crippen molar-refractivity contribution in [1.29, 1.82) is 0 Å². The highest BCUT2D eigenvalue weighted by atomic mass is 35.5. The molecule has 2 aromatic carbocycles. The fourth-order valence-electron chi connectivity index (χ4n) is 3.25. The molecule has 0 radical (unpaired) electrons. The van der Waals surface area contributed by atoms with Crippen molar-refractivity contribution in [3.05, 3.63) is 60.0 Å². The van der Waals surface area contributed by atoms with Crippen LogP contribution in [0.15, 0.2) is 48.8 Å². The third-order valence-electron chi connectivity index (χ3n) is 4.86. The third-order valence-corrected chi connectivity index (χ3v) is 4.86. The standard InChI is InChI=1S/C21H22N4.ClH/c1-4-13(2)15-5-7-16(8-6-15)25-19-11-14(3)24-17-9-10-18-21(20(17)19)23-12-22-18;/h5-13H,4H2,1-3H3,(H,22,23)(H,24,25);1H. The molecule has 4 rings (SSSR count). The van der Waals surface area contributed by atoms with E-state index >= 15 is 0 Å². The number of aromatic nitrogens is 3. The van der Waals surface area contributed by atoms with Gasteiger partial charge in [0.05, 0.1) is 28.6 Å². The number of H-pyrrole nitrogens is 1. The van der Waals surface area contributed by atoms with Crippen LogP contribution in [0.1, 0.15) is 37.4 Å². The molecule has 0 amide bonds. The molecule has 0 aliphatic carbocycles. The number of nitrogens with zero attached hydrogens (tertiary/aromatic N) is 2. The molecule has 134 valence electrons. The Balaban J connectivity index is 0.00000196. The normalized spacial score (nSPS) is 12.1. The van der Waals surface area contributed by atoms with Crippen LogP contribution in [0.2, 0.25) is 0 Å². The lowest BCUT2D eigenvalue weighted by atomic mass is 9.98. The number of anilines is 2. The van der Waals surface area contributed by atoms with Crippen molar-refractivity contribution in [3.63, 3.8) is 0 Å². The Labute approximate surface area is 159 Å². The summed E-state index contributed by atoms with van der Waals surface area (Å²) < 4.78 is 0. The van der Waals surface area contributed by atoms with Gasteiger partial charge in [0.25, 0.3) is 0 Å². The molecule has 0 spiro atoms. The Hall–Kier alpha value is -2.59. The predicted molar refractivity (Wildman–Crippen MR) is 112 cm³/mol. The lowest BCUT2D eigenvalue weighted by Gasteiger charge is -2.13. The van der Waals surface area contributed by atoms with Gasteiger partial charge in [-0.2, -0.15) is 0 Å². The van der Waals surface area contributed by atoms with Gasteiger partial charge in [-0.3, -0.25) is 4.98 Å². The van der Waals surface area contributed by atoms with Gasteiger partial charge in [-0.15, -0.1) is 12.4 Å². The van der Waals surface area contributed by atoms with Crippen LogP contribution in [0, 0.1) is 6.92 Å². The molecule has 0 saturated heterocycles. The van der Waals surface area contributed by atoms with E-state index in [0.29, 0.717) is 5.92 Å². The van der Waals surface area contributed by atoms with E-state index in [1.165, 1.54) is 5.56 Å². The van der Waals surface area contributed by atoms with E-state index in [2.05, 4.69) is 64.4 Å². The fourth-order valence-corrected chi connectivity index (χ4v) is 3.25. The number of imidazole rings is 1. The molecule has 4 aromatic rings. The highest BCUT2D eigenvalue weighted by molar-refractivity contribution is 6.10. The maximum atomic E-state index is 4.67. The van der Waals surface area contributed by atoms with Crippen LogP contribution in [0.5, 0.6) is 0 Å². The molecule has 0 aliphatic heterocycles. The average molecular weight is 367 g/mol. The van der Waals surface area contributed by atoms with Gasteiger partial charge >= 0.3 is 0 Å².